The zero-order valence-electron chi connectivity index (χ0n) is 19.3. The molecule has 0 bridgehead atoms. The molecule has 1 aliphatic heterocycles. The van der Waals surface area contributed by atoms with E-state index >= 15 is 0 Å². The van der Waals surface area contributed by atoms with E-state index < -0.39 is 14.8 Å². The van der Waals surface area contributed by atoms with Crippen LogP contribution in [0.3, 0.4) is 0 Å². The number of benzene rings is 1. The maximum atomic E-state index is 12.6. The van der Waals surface area contributed by atoms with E-state index in [0.717, 1.165) is 25.7 Å². The average molecular weight is 465 g/mol. The number of carbonyl (C=O) groups excluding carboxylic acids is 2. The lowest BCUT2D eigenvalue weighted by Crippen LogP contribution is -2.50. The largest absolute Gasteiger partial charge is 0.349 e. The second-order valence-electron chi connectivity index (χ2n) is 9.81. The Morgan fingerprint density at radius 2 is 1.50 bits per heavy atom. The number of piperidine rings is 1. The molecule has 1 aromatic carbocycles. The summed E-state index contributed by atoms with van der Waals surface area (Å²) in [6.45, 7) is 5.96. The summed E-state index contributed by atoms with van der Waals surface area (Å²) in [5.74, 6) is -0.0745. The van der Waals surface area contributed by atoms with Crippen molar-refractivity contribution in [1.29, 1.82) is 0 Å². The highest BCUT2D eigenvalue weighted by molar-refractivity contribution is 7.90. The van der Waals surface area contributed by atoms with Gasteiger partial charge in [-0.15, -0.1) is 0 Å². The van der Waals surface area contributed by atoms with Gasteiger partial charge < -0.3 is 15.5 Å². The van der Waals surface area contributed by atoms with E-state index in [9.17, 15) is 18.0 Å². The Kier molecular flexibility index (Phi) is 7.82. The number of rotatable bonds is 5. The summed E-state index contributed by atoms with van der Waals surface area (Å²) >= 11 is 0. The number of urea groups is 1. The summed E-state index contributed by atoms with van der Waals surface area (Å²) in [7, 11) is -3.41. The van der Waals surface area contributed by atoms with E-state index in [1.165, 1.54) is 6.42 Å². The van der Waals surface area contributed by atoms with Crippen molar-refractivity contribution in [3.05, 3.63) is 29.8 Å². The summed E-state index contributed by atoms with van der Waals surface area (Å²) in [5.41, 5.74) is 1.21. The van der Waals surface area contributed by atoms with Crippen LogP contribution in [0, 0.1) is 0 Å². The second kappa shape index (κ2) is 10.2. The van der Waals surface area contributed by atoms with Gasteiger partial charge in [0.1, 0.15) is 0 Å². The van der Waals surface area contributed by atoms with E-state index in [4.69, 9.17) is 0 Å². The first kappa shape index (κ1) is 24.5. The van der Waals surface area contributed by atoms with Crippen LogP contribution in [-0.2, 0) is 10.0 Å². The molecule has 9 heteroatoms. The van der Waals surface area contributed by atoms with Gasteiger partial charge in [0.05, 0.1) is 4.75 Å². The summed E-state index contributed by atoms with van der Waals surface area (Å²) in [6, 6.07) is 6.79. The molecule has 3 rings (SSSR count). The van der Waals surface area contributed by atoms with Crippen molar-refractivity contribution in [3.8, 4) is 0 Å². The second-order valence-corrected chi connectivity index (χ2v) is 12.3. The molecule has 1 aliphatic carbocycles. The van der Waals surface area contributed by atoms with Crippen LogP contribution < -0.4 is 15.4 Å². The van der Waals surface area contributed by atoms with Crippen molar-refractivity contribution >= 4 is 27.6 Å². The number of nitrogens with one attached hydrogen (secondary N) is 3. The van der Waals surface area contributed by atoms with Crippen molar-refractivity contribution in [2.24, 2.45) is 0 Å². The molecule has 1 heterocycles. The van der Waals surface area contributed by atoms with Crippen molar-refractivity contribution < 1.29 is 18.0 Å². The first-order chi connectivity index (χ1) is 15.0. The lowest BCUT2D eigenvalue weighted by molar-refractivity contribution is 0.0927. The van der Waals surface area contributed by atoms with E-state index in [1.54, 1.807) is 49.9 Å². The molecule has 1 saturated heterocycles. The number of hydrogen-bond acceptors (Lipinski definition) is 4. The van der Waals surface area contributed by atoms with Gasteiger partial charge in [0.15, 0.2) is 0 Å². The Hall–Kier alpha value is -2.13. The highest BCUT2D eigenvalue weighted by Crippen LogP contribution is 2.20. The molecule has 0 radical (unpaired) electrons. The van der Waals surface area contributed by atoms with Crippen LogP contribution in [0.25, 0.3) is 0 Å². The van der Waals surface area contributed by atoms with Crippen LogP contribution in [0.1, 0.15) is 76.1 Å². The Bertz CT molecular complexity index is 895. The zero-order valence-corrected chi connectivity index (χ0v) is 20.1. The van der Waals surface area contributed by atoms with Gasteiger partial charge in [0.2, 0.25) is 10.0 Å². The van der Waals surface area contributed by atoms with E-state index in [1.807, 2.05) is 0 Å². The molecular weight excluding hydrogens is 428 g/mol. The summed E-state index contributed by atoms with van der Waals surface area (Å²) in [6.07, 6.45) is 6.78. The van der Waals surface area contributed by atoms with Gasteiger partial charge >= 0.3 is 6.03 Å². The normalized spacial score (nSPS) is 18.9. The highest BCUT2D eigenvalue weighted by Gasteiger charge is 2.33. The monoisotopic (exact) mass is 464 g/mol. The number of amides is 3. The molecular formula is C23H36N4O4S. The van der Waals surface area contributed by atoms with E-state index in [-0.39, 0.29) is 24.0 Å². The minimum absolute atomic E-state index is 0.0745. The maximum absolute atomic E-state index is 12.6. The van der Waals surface area contributed by atoms with Crippen molar-refractivity contribution in [1.82, 2.24) is 14.9 Å². The van der Waals surface area contributed by atoms with Gasteiger partial charge in [-0.05, 0) is 70.7 Å². The predicted octanol–water partition coefficient (Wildman–Crippen LogP) is 3.46. The Morgan fingerprint density at radius 1 is 0.906 bits per heavy atom. The molecule has 1 saturated carbocycles. The quantitative estimate of drug-likeness (QED) is 0.620. The molecule has 0 atom stereocenters. The van der Waals surface area contributed by atoms with Crippen LogP contribution in [-0.4, -0.2) is 55.2 Å². The average Bonchev–Trinajstić information content (AvgIpc) is 2.74. The molecule has 0 unspecified atom stereocenters. The standard InChI is InChI=1S/C23H36N4O4S/c1-23(2,3)32(30,31)26-20-13-15-27(16-14-20)22(29)25-19-11-9-17(10-12-19)21(28)24-18-7-5-4-6-8-18/h9-12,18,20,26H,4-8,13-16H2,1-3H3,(H,24,28)(H,25,29). The topological polar surface area (TPSA) is 108 Å². The molecule has 178 valence electrons. The van der Waals surface area contributed by atoms with Crippen LogP contribution in [0.5, 0.6) is 0 Å². The lowest BCUT2D eigenvalue weighted by atomic mass is 9.95. The molecule has 0 aromatic heterocycles. The third-order valence-corrected chi connectivity index (χ3v) is 8.50. The molecule has 2 aliphatic rings. The number of carbonyl (C=O) groups is 2. The Balaban J connectivity index is 1.46. The fourth-order valence-electron chi connectivity index (χ4n) is 4.02. The number of hydrogen-bond donors (Lipinski definition) is 3. The van der Waals surface area contributed by atoms with Gasteiger partial charge in [0.25, 0.3) is 5.91 Å². The van der Waals surface area contributed by atoms with Crippen LogP contribution in [0.15, 0.2) is 24.3 Å². The SMILES string of the molecule is CC(C)(C)S(=O)(=O)NC1CCN(C(=O)Nc2ccc(C(=O)NC3CCCCC3)cc2)CC1. The Labute approximate surface area is 191 Å². The van der Waals surface area contributed by atoms with Crippen molar-refractivity contribution in [3.63, 3.8) is 0 Å². The molecule has 2 fully saturated rings. The fourth-order valence-corrected chi connectivity index (χ4v) is 5.05. The summed E-state index contributed by atoms with van der Waals surface area (Å²) < 4.78 is 26.6. The van der Waals surface area contributed by atoms with Gasteiger partial charge in [0, 0.05) is 36.4 Å². The van der Waals surface area contributed by atoms with Gasteiger partial charge in [-0.1, -0.05) is 19.3 Å². The summed E-state index contributed by atoms with van der Waals surface area (Å²) in [5, 5.41) is 5.96. The van der Waals surface area contributed by atoms with Crippen LogP contribution >= 0.6 is 0 Å². The number of anilines is 1. The zero-order chi connectivity index (χ0) is 23.4. The maximum Gasteiger partial charge on any atom is 0.321 e. The minimum Gasteiger partial charge on any atom is -0.349 e. The molecule has 3 amide bonds. The van der Waals surface area contributed by atoms with Gasteiger partial charge in [-0.25, -0.2) is 17.9 Å². The predicted molar refractivity (Wildman–Crippen MR) is 126 cm³/mol. The van der Waals surface area contributed by atoms with Crippen LogP contribution in [0.2, 0.25) is 0 Å². The smallest absolute Gasteiger partial charge is 0.321 e. The Morgan fingerprint density at radius 3 is 2.06 bits per heavy atom. The molecule has 3 N–H and O–H groups in total. The molecule has 1 aromatic rings. The molecule has 0 spiro atoms. The minimum atomic E-state index is -3.41. The number of likely N-dealkylation sites (tertiary alicyclic amines) is 1. The van der Waals surface area contributed by atoms with Gasteiger partial charge in [-0.3, -0.25) is 4.79 Å². The number of nitrogens with zero attached hydrogens (tertiary/aromatic N) is 1. The van der Waals surface area contributed by atoms with E-state index in [2.05, 4.69) is 15.4 Å². The lowest BCUT2D eigenvalue weighted by Gasteiger charge is -2.33. The van der Waals surface area contributed by atoms with E-state index in [0.29, 0.717) is 37.2 Å². The van der Waals surface area contributed by atoms with Crippen molar-refractivity contribution in [2.75, 3.05) is 18.4 Å². The fraction of sp³-hybridized carbons (Fsp3) is 0.652. The first-order valence-corrected chi connectivity index (χ1v) is 13.0. The first-order valence-electron chi connectivity index (χ1n) is 11.5. The molecule has 32 heavy (non-hydrogen) atoms. The highest BCUT2D eigenvalue weighted by atomic mass is 32.2. The van der Waals surface area contributed by atoms with Crippen LogP contribution in [0.4, 0.5) is 10.5 Å². The third-order valence-electron chi connectivity index (χ3n) is 6.25. The summed E-state index contributed by atoms with van der Waals surface area (Å²) in [4.78, 5) is 26.7. The van der Waals surface area contributed by atoms with Gasteiger partial charge in [-0.2, -0.15) is 0 Å². The van der Waals surface area contributed by atoms with Crippen molar-refractivity contribution in [2.45, 2.75) is 82.5 Å². The third kappa shape index (κ3) is 6.45. The number of sulfonamides is 1. The molecule has 8 nitrogen and oxygen atoms in total.